The van der Waals surface area contributed by atoms with Gasteiger partial charge in [-0.3, -0.25) is 14.3 Å². The molecule has 2 aromatic heterocycles. The molecule has 0 unspecified atom stereocenters. The third kappa shape index (κ3) is 3.23. The SMILES string of the molecule is Cc1cc(=O)n(C(C)(C)C)c(COc2cccnc2)n1. The van der Waals surface area contributed by atoms with E-state index in [2.05, 4.69) is 9.97 Å². The summed E-state index contributed by atoms with van der Waals surface area (Å²) in [6.45, 7) is 7.96. The van der Waals surface area contributed by atoms with E-state index in [4.69, 9.17) is 4.74 Å². The van der Waals surface area contributed by atoms with Crippen LogP contribution in [0.4, 0.5) is 0 Å². The Labute approximate surface area is 118 Å². The van der Waals surface area contributed by atoms with E-state index in [1.54, 1.807) is 29.1 Å². The van der Waals surface area contributed by atoms with Crippen LogP contribution in [0.3, 0.4) is 0 Å². The predicted molar refractivity (Wildman–Crippen MR) is 76.8 cm³/mol. The third-order valence-electron chi connectivity index (χ3n) is 2.79. The molecule has 0 saturated heterocycles. The molecule has 2 aromatic rings. The maximum Gasteiger partial charge on any atom is 0.254 e. The summed E-state index contributed by atoms with van der Waals surface area (Å²) in [5, 5.41) is 0. The molecule has 106 valence electrons. The van der Waals surface area contributed by atoms with Crippen LogP contribution in [0.5, 0.6) is 5.75 Å². The minimum Gasteiger partial charge on any atom is -0.484 e. The van der Waals surface area contributed by atoms with Crippen LogP contribution in [0.2, 0.25) is 0 Å². The van der Waals surface area contributed by atoms with Crippen molar-refractivity contribution in [1.82, 2.24) is 14.5 Å². The molecule has 20 heavy (non-hydrogen) atoms. The predicted octanol–water partition coefficient (Wildman–Crippen LogP) is 2.28. The second-order valence-electron chi connectivity index (χ2n) is 5.64. The van der Waals surface area contributed by atoms with E-state index < -0.39 is 0 Å². The summed E-state index contributed by atoms with van der Waals surface area (Å²) in [7, 11) is 0. The van der Waals surface area contributed by atoms with E-state index in [1.807, 2.05) is 33.8 Å². The lowest BCUT2D eigenvalue weighted by molar-refractivity contribution is 0.262. The molecule has 0 aliphatic rings. The van der Waals surface area contributed by atoms with Gasteiger partial charge in [-0.25, -0.2) is 4.98 Å². The van der Waals surface area contributed by atoms with Crippen molar-refractivity contribution in [2.24, 2.45) is 0 Å². The van der Waals surface area contributed by atoms with Crippen LogP contribution in [0.15, 0.2) is 35.4 Å². The van der Waals surface area contributed by atoms with Gasteiger partial charge in [0.1, 0.15) is 18.2 Å². The van der Waals surface area contributed by atoms with Gasteiger partial charge in [0.25, 0.3) is 5.56 Å². The molecular weight excluding hydrogens is 254 g/mol. The lowest BCUT2D eigenvalue weighted by atomic mass is 10.1. The standard InChI is InChI=1S/C15H19N3O2/c1-11-8-14(19)18(15(2,3)4)13(17-11)10-20-12-6-5-7-16-9-12/h5-9H,10H2,1-4H3. The van der Waals surface area contributed by atoms with Gasteiger partial charge in [0, 0.05) is 23.5 Å². The zero-order chi connectivity index (χ0) is 14.8. The van der Waals surface area contributed by atoms with Crippen LogP contribution in [0.1, 0.15) is 32.3 Å². The summed E-state index contributed by atoms with van der Waals surface area (Å²) in [5.41, 5.74) is 0.292. The van der Waals surface area contributed by atoms with E-state index in [9.17, 15) is 4.79 Å². The summed E-state index contributed by atoms with van der Waals surface area (Å²) in [6.07, 6.45) is 3.32. The van der Waals surface area contributed by atoms with E-state index >= 15 is 0 Å². The molecule has 0 spiro atoms. The molecule has 0 amide bonds. The molecule has 2 heterocycles. The van der Waals surface area contributed by atoms with E-state index in [1.165, 1.54) is 0 Å². The fourth-order valence-corrected chi connectivity index (χ4v) is 2.05. The number of pyridine rings is 1. The highest BCUT2D eigenvalue weighted by Gasteiger charge is 2.20. The first kappa shape index (κ1) is 14.2. The maximum absolute atomic E-state index is 12.2. The highest BCUT2D eigenvalue weighted by Crippen LogP contribution is 2.15. The van der Waals surface area contributed by atoms with Gasteiger partial charge in [-0.2, -0.15) is 0 Å². The fraction of sp³-hybridized carbons (Fsp3) is 0.400. The smallest absolute Gasteiger partial charge is 0.254 e. The summed E-state index contributed by atoms with van der Waals surface area (Å²) >= 11 is 0. The lowest BCUT2D eigenvalue weighted by Gasteiger charge is -2.25. The monoisotopic (exact) mass is 273 g/mol. The quantitative estimate of drug-likeness (QED) is 0.861. The largest absolute Gasteiger partial charge is 0.484 e. The summed E-state index contributed by atoms with van der Waals surface area (Å²) in [5.74, 6) is 1.27. The topological polar surface area (TPSA) is 57.0 Å². The second-order valence-corrected chi connectivity index (χ2v) is 5.64. The summed E-state index contributed by atoms with van der Waals surface area (Å²) in [4.78, 5) is 20.6. The summed E-state index contributed by atoms with van der Waals surface area (Å²) < 4.78 is 7.32. The molecule has 0 aliphatic carbocycles. The van der Waals surface area contributed by atoms with Crippen molar-refractivity contribution >= 4 is 0 Å². The molecule has 0 N–H and O–H groups in total. The van der Waals surface area contributed by atoms with Crippen molar-refractivity contribution in [2.75, 3.05) is 0 Å². The number of ether oxygens (including phenoxy) is 1. The second kappa shape index (κ2) is 5.45. The van der Waals surface area contributed by atoms with Crippen molar-refractivity contribution in [3.63, 3.8) is 0 Å². The van der Waals surface area contributed by atoms with Gasteiger partial charge in [-0.05, 0) is 39.8 Å². The molecule has 5 nitrogen and oxygen atoms in total. The third-order valence-corrected chi connectivity index (χ3v) is 2.79. The average Bonchev–Trinajstić information content (AvgIpc) is 2.35. The molecule has 0 aromatic carbocycles. The normalized spacial score (nSPS) is 11.4. The molecule has 0 bridgehead atoms. The Morgan fingerprint density at radius 1 is 1.35 bits per heavy atom. The highest BCUT2D eigenvalue weighted by atomic mass is 16.5. The van der Waals surface area contributed by atoms with Crippen molar-refractivity contribution in [2.45, 2.75) is 39.8 Å². The number of aryl methyl sites for hydroxylation is 1. The molecule has 0 atom stereocenters. The van der Waals surface area contributed by atoms with Gasteiger partial charge in [0.05, 0.1) is 6.20 Å². The number of hydrogen-bond donors (Lipinski definition) is 0. The van der Waals surface area contributed by atoms with Gasteiger partial charge < -0.3 is 4.74 Å². The molecule has 2 rings (SSSR count). The maximum atomic E-state index is 12.2. The Hall–Kier alpha value is -2.17. The van der Waals surface area contributed by atoms with Crippen LogP contribution in [-0.4, -0.2) is 14.5 Å². The molecule has 0 radical (unpaired) electrons. The molecule has 0 saturated carbocycles. The van der Waals surface area contributed by atoms with Crippen molar-refractivity contribution in [3.8, 4) is 5.75 Å². The summed E-state index contributed by atoms with van der Waals surface area (Å²) in [6, 6.07) is 5.16. The lowest BCUT2D eigenvalue weighted by Crippen LogP contribution is -2.37. The number of rotatable bonds is 3. The number of aromatic nitrogens is 3. The molecule has 0 fully saturated rings. The molecular formula is C15H19N3O2. The first-order valence-corrected chi connectivity index (χ1v) is 6.51. The van der Waals surface area contributed by atoms with Crippen LogP contribution < -0.4 is 10.3 Å². The highest BCUT2D eigenvalue weighted by molar-refractivity contribution is 5.16. The van der Waals surface area contributed by atoms with E-state index in [0.29, 0.717) is 17.3 Å². The van der Waals surface area contributed by atoms with Crippen molar-refractivity contribution in [3.05, 3.63) is 52.5 Å². The minimum absolute atomic E-state index is 0.0604. The zero-order valence-corrected chi connectivity index (χ0v) is 12.3. The Morgan fingerprint density at radius 2 is 2.10 bits per heavy atom. The van der Waals surface area contributed by atoms with E-state index in [-0.39, 0.29) is 17.7 Å². The van der Waals surface area contributed by atoms with Gasteiger partial charge in [0.15, 0.2) is 0 Å². The van der Waals surface area contributed by atoms with Crippen molar-refractivity contribution < 1.29 is 4.74 Å². The van der Waals surface area contributed by atoms with Gasteiger partial charge in [0.2, 0.25) is 0 Å². The first-order chi connectivity index (χ1) is 9.38. The van der Waals surface area contributed by atoms with E-state index in [0.717, 1.165) is 0 Å². The number of hydrogen-bond acceptors (Lipinski definition) is 4. The Bertz CT molecular complexity index is 642. The van der Waals surface area contributed by atoms with Crippen LogP contribution in [-0.2, 0) is 12.1 Å². The molecule has 5 heteroatoms. The van der Waals surface area contributed by atoms with Crippen LogP contribution >= 0.6 is 0 Å². The van der Waals surface area contributed by atoms with Gasteiger partial charge in [-0.1, -0.05) is 0 Å². The Kier molecular flexibility index (Phi) is 3.88. The average molecular weight is 273 g/mol. The molecule has 0 aliphatic heterocycles. The fourth-order valence-electron chi connectivity index (χ4n) is 2.05. The Balaban J connectivity index is 2.34. The van der Waals surface area contributed by atoms with Gasteiger partial charge in [-0.15, -0.1) is 0 Å². The van der Waals surface area contributed by atoms with Crippen LogP contribution in [0, 0.1) is 6.92 Å². The number of nitrogens with zero attached hydrogens (tertiary/aromatic N) is 3. The van der Waals surface area contributed by atoms with Crippen LogP contribution in [0.25, 0.3) is 0 Å². The van der Waals surface area contributed by atoms with Gasteiger partial charge >= 0.3 is 0 Å². The van der Waals surface area contributed by atoms with Crippen molar-refractivity contribution in [1.29, 1.82) is 0 Å². The zero-order valence-electron chi connectivity index (χ0n) is 12.3. The first-order valence-electron chi connectivity index (χ1n) is 6.51. The Morgan fingerprint density at radius 3 is 2.70 bits per heavy atom. The minimum atomic E-state index is -0.342.